The van der Waals surface area contributed by atoms with E-state index in [1.807, 2.05) is 23.6 Å². The normalized spacial score (nSPS) is 12.5. The van der Waals surface area contributed by atoms with Gasteiger partial charge >= 0.3 is 0 Å². The van der Waals surface area contributed by atoms with Crippen LogP contribution in [0, 0.1) is 6.07 Å². The van der Waals surface area contributed by atoms with Crippen LogP contribution >= 0.6 is 11.3 Å². The number of nitrogens with zero attached hydrogens (tertiary/aromatic N) is 1. The second kappa shape index (κ2) is 5.23. The number of rotatable bonds is 0. The van der Waals surface area contributed by atoms with Crippen LogP contribution in [0.3, 0.4) is 0 Å². The first-order valence-electron chi connectivity index (χ1n) is 7.91. The van der Waals surface area contributed by atoms with Crippen molar-refractivity contribution in [2.24, 2.45) is 0 Å². The van der Waals surface area contributed by atoms with Gasteiger partial charge in [0.1, 0.15) is 0 Å². The van der Waals surface area contributed by atoms with Crippen LogP contribution in [0.25, 0.3) is 41.8 Å². The molecule has 2 heterocycles. The van der Waals surface area contributed by atoms with Crippen molar-refractivity contribution in [3.8, 4) is 0 Å². The molecular formula is C21H16IrNS-. The summed E-state index contributed by atoms with van der Waals surface area (Å²) < 4.78 is 2.68. The van der Waals surface area contributed by atoms with Crippen LogP contribution in [0.5, 0.6) is 0 Å². The molecule has 5 rings (SSSR count). The Morgan fingerprint density at radius 1 is 1.00 bits per heavy atom. The van der Waals surface area contributed by atoms with E-state index in [9.17, 15) is 0 Å². The molecule has 0 bridgehead atoms. The maximum absolute atomic E-state index is 4.85. The molecule has 5 aromatic rings. The Balaban J connectivity index is 0.00000146. The van der Waals surface area contributed by atoms with Crippen LogP contribution in [-0.2, 0) is 25.5 Å². The first-order valence-corrected chi connectivity index (χ1v) is 8.73. The zero-order valence-electron chi connectivity index (χ0n) is 13.7. The van der Waals surface area contributed by atoms with E-state index in [4.69, 9.17) is 4.98 Å². The minimum Gasteiger partial charge on any atom is -0.304 e. The molecule has 0 saturated carbocycles. The average molecular weight is 507 g/mol. The number of fused-ring (bicyclic) bond motifs is 3. The largest absolute Gasteiger partial charge is 0.304 e. The number of pyridine rings is 1. The SMILES string of the molecule is CC(C)(C)c1cnc2c3[c-]ccc4sc5cccc(c2c1)c5c43.[Ir]. The topological polar surface area (TPSA) is 12.9 Å². The van der Waals surface area contributed by atoms with Gasteiger partial charge in [-0.1, -0.05) is 44.4 Å². The summed E-state index contributed by atoms with van der Waals surface area (Å²) in [5.74, 6) is 0. The van der Waals surface area contributed by atoms with Crippen LogP contribution in [0.1, 0.15) is 26.3 Å². The predicted molar refractivity (Wildman–Crippen MR) is 101 cm³/mol. The minimum atomic E-state index is 0. The molecule has 3 aromatic carbocycles. The van der Waals surface area contributed by atoms with Crippen LogP contribution in [0.4, 0.5) is 0 Å². The van der Waals surface area contributed by atoms with Gasteiger partial charge in [0.15, 0.2) is 0 Å². The van der Waals surface area contributed by atoms with Gasteiger partial charge in [-0.3, -0.25) is 0 Å². The maximum atomic E-state index is 4.85. The van der Waals surface area contributed by atoms with Crippen molar-refractivity contribution in [2.45, 2.75) is 26.2 Å². The van der Waals surface area contributed by atoms with Crippen molar-refractivity contribution in [1.82, 2.24) is 4.98 Å². The van der Waals surface area contributed by atoms with Gasteiger partial charge < -0.3 is 4.98 Å². The number of thiophene rings is 1. The minimum absolute atomic E-state index is 0. The molecule has 0 unspecified atom stereocenters. The van der Waals surface area contributed by atoms with Crippen molar-refractivity contribution in [3.63, 3.8) is 0 Å². The van der Waals surface area contributed by atoms with E-state index >= 15 is 0 Å². The number of hydrogen-bond acceptors (Lipinski definition) is 2. The van der Waals surface area contributed by atoms with Crippen molar-refractivity contribution in [1.29, 1.82) is 0 Å². The Bertz CT molecular complexity index is 1200. The molecule has 0 aliphatic rings. The molecule has 0 fully saturated rings. The zero-order valence-corrected chi connectivity index (χ0v) is 16.9. The summed E-state index contributed by atoms with van der Waals surface area (Å²) in [4.78, 5) is 4.85. The van der Waals surface area contributed by atoms with Gasteiger partial charge in [-0.25, -0.2) is 0 Å². The summed E-state index contributed by atoms with van der Waals surface area (Å²) in [5.41, 5.74) is 2.45. The van der Waals surface area contributed by atoms with Crippen molar-refractivity contribution >= 4 is 53.2 Å². The van der Waals surface area contributed by atoms with Crippen LogP contribution < -0.4 is 0 Å². The molecule has 0 aliphatic carbocycles. The first-order chi connectivity index (χ1) is 11.0. The van der Waals surface area contributed by atoms with E-state index in [0.29, 0.717) is 0 Å². The Kier molecular flexibility index (Phi) is 3.47. The summed E-state index contributed by atoms with van der Waals surface area (Å²) in [6, 6.07) is 16.6. The zero-order chi connectivity index (χ0) is 15.8. The Labute approximate surface area is 158 Å². The van der Waals surface area contributed by atoms with Gasteiger partial charge in [0.05, 0.1) is 0 Å². The van der Waals surface area contributed by atoms with Crippen molar-refractivity contribution < 1.29 is 20.1 Å². The van der Waals surface area contributed by atoms with Gasteiger partial charge in [0, 0.05) is 31.0 Å². The molecule has 0 saturated heterocycles. The molecule has 0 amide bonds. The number of aromatic nitrogens is 1. The second-order valence-electron chi connectivity index (χ2n) is 7.24. The summed E-state index contributed by atoms with van der Waals surface area (Å²) in [6.07, 6.45) is 2.03. The molecule has 0 atom stereocenters. The fraction of sp³-hybridized carbons (Fsp3) is 0.190. The molecule has 1 nitrogen and oxygen atoms in total. The second-order valence-corrected chi connectivity index (χ2v) is 8.33. The van der Waals surface area contributed by atoms with Gasteiger partial charge in [-0.15, -0.1) is 23.6 Å². The quantitative estimate of drug-likeness (QED) is 0.178. The summed E-state index contributed by atoms with van der Waals surface area (Å²) in [5, 5.41) is 6.42. The van der Waals surface area contributed by atoms with Crippen LogP contribution in [0.2, 0.25) is 0 Å². The number of hydrogen-bond donors (Lipinski definition) is 0. The third kappa shape index (κ3) is 2.05. The Morgan fingerprint density at radius 2 is 1.79 bits per heavy atom. The third-order valence-electron chi connectivity index (χ3n) is 4.74. The van der Waals surface area contributed by atoms with E-state index < -0.39 is 0 Å². The summed E-state index contributed by atoms with van der Waals surface area (Å²) in [6.45, 7) is 6.72. The molecule has 0 N–H and O–H groups in total. The fourth-order valence-electron chi connectivity index (χ4n) is 3.50. The van der Waals surface area contributed by atoms with E-state index in [2.05, 4.69) is 57.2 Å². The van der Waals surface area contributed by atoms with E-state index in [0.717, 1.165) is 10.9 Å². The van der Waals surface area contributed by atoms with Gasteiger partial charge in [0.25, 0.3) is 0 Å². The predicted octanol–water partition coefficient (Wildman–Crippen LogP) is 6.29. The third-order valence-corrected chi connectivity index (χ3v) is 5.86. The molecule has 0 spiro atoms. The molecule has 3 heteroatoms. The molecule has 24 heavy (non-hydrogen) atoms. The van der Waals surface area contributed by atoms with Gasteiger partial charge in [-0.05, 0) is 43.4 Å². The maximum Gasteiger partial charge on any atom is 0.0251 e. The average Bonchev–Trinajstić information content (AvgIpc) is 2.92. The van der Waals surface area contributed by atoms with Crippen LogP contribution in [-0.4, -0.2) is 4.98 Å². The Hall–Kier alpha value is -1.54. The smallest absolute Gasteiger partial charge is 0.0251 e. The monoisotopic (exact) mass is 507 g/mol. The first kappa shape index (κ1) is 16.0. The molecular weight excluding hydrogens is 491 g/mol. The van der Waals surface area contributed by atoms with E-state index in [1.54, 1.807) is 0 Å². The molecule has 121 valence electrons. The van der Waals surface area contributed by atoms with E-state index in [-0.39, 0.29) is 25.5 Å². The van der Waals surface area contributed by atoms with Crippen LogP contribution in [0.15, 0.2) is 42.6 Å². The van der Waals surface area contributed by atoms with Crippen molar-refractivity contribution in [3.05, 3.63) is 54.2 Å². The number of benzene rings is 3. The summed E-state index contributed by atoms with van der Waals surface area (Å²) in [7, 11) is 0. The fourth-order valence-corrected chi connectivity index (χ4v) is 4.64. The van der Waals surface area contributed by atoms with Gasteiger partial charge in [-0.2, -0.15) is 11.3 Å². The molecule has 0 aliphatic heterocycles. The summed E-state index contributed by atoms with van der Waals surface area (Å²) >= 11 is 1.86. The van der Waals surface area contributed by atoms with E-state index in [1.165, 1.54) is 36.5 Å². The Morgan fingerprint density at radius 3 is 2.58 bits per heavy atom. The molecule has 1 radical (unpaired) electrons. The van der Waals surface area contributed by atoms with Crippen molar-refractivity contribution in [2.75, 3.05) is 0 Å². The molecule has 2 aromatic heterocycles. The standard InChI is InChI=1S/C21H16NS.Ir/c1-21(2,3)12-10-15-13-6-4-8-16-18(13)19-14(20(15)22-11-12)7-5-9-17(19)23-16;/h4-6,8-11H,1-3H3;/q-1;. The van der Waals surface area contributed by atoms with Gasteiger partial charge in [0.2, 0.25) is 0 Å².